The summed E-state index contributed by atoms with van der Waals surface area (Å²) in [6.45, 7) is 7.14. The fourth-order valence-electron chi connectivity index (χ4n) is 2.52. The van der Waals surface area contributed by atoms with Crippen LogP contribution in [0.15, 0.2) is 24.3 Å². The lowest BCUT2D eigenvalue weighted by Crippen LogP contribution is -2.55. The maximum absolute atomic E-state index is 9.80. The predicted octanol–water partition coefficient (Wildman–Crippen LogP) is 3.51. The zero-order valence-electron chi connectivity index (χ0n) is 12.7. The second-order valence-electron chi connectivity index (χ2n) is 5.64. The fourth-order valence-corrected chi connectivity index (χ4v) is 2.52. The van der Waals surface area contributed by atoms with Gasteiger partial charge in [0.1, 0.15) is 18.0 Å². The minimum Gasteiger partial charge on any atom is -0.487 e. The van der Waals surface area contributed by atoms with Crippen LogP contribution in [0.1, 0.15) is 51.5 Å². The molecule has 3 nitrogen and oxygen atoms in total. The van der Waals surface area contributed by atoms with Gasteiger partial charge in [-0.05, 0) is 30.4 Å². The molecule has 0 amide bonds. The lowest BCUT2D eigenvalue weighted by molar-refractivity contribution is -0.162. The van der Waals surface area contributed by atoms with Crippen molar-refractivity contribution < 1.29 is 14.6 Å². The Morgan fingerprint density at radius 1 is 1.30 bits per heavy atom. The smallest absolute Gasteiger partial charge is 0.130 e. The van der Waals surface area contributed by atoms with Gasteiger partial charge in [-0.3, -0.25) is 0 Å². The van der Waals surface area contributed by atoms with E-state index in [2.05, 4.69) is 32.9 Å². The van der Waals surface area contributed by atoms with Gasteiger partial charge in [0.05, 0.1) is 6.10 Å². The molecule has 1 N–H and O–H groups in total. The number of hydrogen-bond acceptors (Lipinski definition) is 3. The third kappa shape index (κ3) is 3.33. The molecule has 1 saturated carbocycles. The molecule has 1 aromatic carbocycles. The highest BCUT2D eigenvalue weighted by molar-refractivity contribution is 5.36. The van der Waals surface area contributed by atoms with Gasteiger partial charge in [-0.15, -0.1) is 0 Å². The van der Waals surface area contributed by atoms with Crippen LogP contribution in [0.4, 0.5) is 0 Å². The van der Waals surface area contributed by atoms with Gasteiger partial charge in [-0.2, -0.15) is 0 Å². The van der Waals surface area contributed by atoms with Crippen LogP contribution in [0.5, 0.6) is 5.75 Å². The highest BCUT2D eigenvalue weighted by Crippen LogP contribution is 2.34. The molecule has 0 heterocycles. The normalized spacial score (nSPS) is 26.9. The standard InChI is InChI=1S/C17H26O3/c1-4-10-19-17-14(18)11-16(17)20-15-9-7-6-8-13(15)12(3)5-2/h6-9,12,14,16-18H,4-5,10-11H2,1-3H3. The molecule has 0 spiro atoms. The Balaban J connectivity index is 2.03. The van der Waals surface area contributed by atoms with Gasteiger partial charge in [-0.25, -0.2) is 0 Å². The van der Waals surface area contributed by atoms with E-state index in [4.69, 9.17) is 9.47 Å². The van der Waals surface area contributed by atoms with E-state index < -0.39 is 0 Å². The molecule has 1 aliphatic carbocycles. The van der Waals surface area contributed by atoms with Crippen molar-refractivity contribution in [2.45, 2.75) is 64.3 Å². The average molecular weight is 278 g/mol. The Labute approximate surface area is 121 Å². The summed E-state index contributed by atoms with van der Waals surface area (Å²) in [5, 5.41) is 9.80. The first kappa shape index (κ1) is 15.3. The van der Waals surface area contributed by atoms with Crippen LogP contribution in [0, 0.1) is 0 Å². The van der Waals surface area contributed by atoms with Crippen LogP contribution in [0.25, 0.3) is 0 Å². The monoisotopic (exact) mass is 278 g/mol. The maximum Gasteiger partial charge on any atom is 0.130 e. The molecular weight excluding hydrogens is 252 g/mol. The van der Waals surface area contributed by atoms with E-state index >= 15 is 0 Å². The number of para-hydroxylation sites is 1. The van der Waals surface area contributed by atoms with Crippen molar-refractivity contribution in [3.8, 4) is 5.75 Å². The first-order chi connectivity index (χ1) is 9.67. The van der Waals surface area contributed by atoms with Crippen molar-refractivity contribution in [1.29, 1.82) is 0 Å². The van der Waals surface area contributed by atoms with Crippen molar-refractivity contribution in [3.05, 3.63) is 29.8 Å². The molecule has 1 fully saturated rings. The zero-order valence-corrected chi connectivity index (χ0v) is 12.7. The summed E-state index contributed by atoms with van der Waals surface area (Å²) in [5.41, 5.74) is 1.24. The molecule has 0 aromatic heterocycles. The van der Waals surface area contributed by atoms with E-state index in [-0.39, 0.29) is 18.3 Å². The number of aliphatic hydroxyl groups is 1. The van der Waals surface area contributed by atoms with Crippen LogP contribution in [0.3, 0.4) is 0 Å². The lowest BCUT2D eigenvalue weighted by atomic mass is 9.87. The molecule has 0 bridgehead atoms. The van der Waals surface area contributed by atoms with E-state index in [1.54, 1.807) is 0 Å². The van der Waals surface area contributed by atoms with E-state index in [1.165, 1.54) is 5.56 Å². The number of hydrogen-bond donors (Lipinski definition) is 1. The molecule has 4 unspecified atom stereocenters. The Morgan fingerprint density at radius 2 is 2.05 bits per heavy atom. The Hall–Kier alpha value is -1.06. The number of ether oxygens (including phenoxy) is 2. The van der Waals surface area contributed by atoms with Crippen molar-refractivity contribution in [1.82, 2.24) is 0 Å². The minimum absolute atomic E-state index is 0.0262. The van der Waals surface area contributed by atoms with E-state index in [9.17, 15) is 5.11 Å². The van der Waals surface area contributed by atoms with E-state index in [0.29, 0.717) is 18.9 Å². The van der Waals surface area contributed by atoms with Gasteiger partial charge in [-0.1, -0.05) is 39.0 Å². The van der Waals surface area contributed by atoms with Crippen LogP contribution in [-0.2, 0) is 4.74 Å². The molecule has 0 aliphatic heterocycles. The molecule has 1 aliphatic rings. The average Bonchev–Trinajstić information content (AvgIpc) is 2.46. The van der Waals surface area contributed by atoms with Crippen LogP contribution in [0.2, 0.25) is 0 Å². The van der Waals surface area contributed by atoms with Gasteiger partial charge >= 0.3 is 0 Å². The summed E-state index contributed by atoms with van der Waals surface area (Å²) < 4.78 is 11.8. The first-order valence-corrected chi connectivity index (χ1v) is 7.72. The summed E-state index contributed by atoms with van der Waals surface area (Å²) in [5.74, 6) is 1.41. The van der Waals surface area contributed by atoms with E-state index in [0.717, 1.165) is 18.6 Å². The molecule has 0 saturated heterocycles. The largest absolute Gasteiger partial charge is 0.487 e. The third-order valence-electron chi connectivity index (χ3n) is 4.07. The summed E-state index contributed by atoms with van der Waals surface area (Å²) in [6.07, 6.45) is 2.11. The van der Waals surface area contributed by atoms with Gasteiger partial charge in [0, 0.05) is 13.0 Å². The Kier molecular flexibility index (Phi) is 5.44. The fraction of sp³-hybridized carbons (Fsp3) is 0.647. The number of rotatable bonds is 7. The van der Waals surface area contributed by atoms with Gasteiger partial charge in [0.15, 0.2) is 0 Å². The molecule has 4 atom stereocenters. The van der Waals surface area contributed by atoms with Crippen molar-refractivity contribution in [3.63, 3.8) is 0 Å². The lowest BCUT2D eigenvalue weighted by Gasteiger charge is -2.41. The summed E-state index contributed by atoms with van der Waals surface area (Å²) in [6, 6.07) is 8.19. The maximum atomic E-state index is 9.80. The number of benzene rings is 1. The van der Waals surface area contributed by atoms with Gasteiger partial charge < -0.3 is 14.6 Å². The van der Waals surface area contributed by atoms with Crippen LogP contribution < -0.4 is 4.74 Å². The molecule has 2 rings (SSSR count). The SMILES string of the molecule is CCCOC1C(O)CC1Oc1ccccc1C(C)CC. The zero-order chi connectivity index (χ0) is 14.5. The molecule has 0 radical (unpaired) electrons. The van der Waals surface area contributed by atoms with Crippen LogP contribution >= 0.6 is 0 Å². The summed E-state index contributed by atoms with van der Waals surface area (Å²) in [7, 11) is 0. The highest BCUT2D eigenvalue weighted by Gasteiger charge is 2.43. The van der Waals surface area contributed by atoms with Crippen LogP contribution in [-0.4, -0.2) is 30.0 Å². The predicted molar refractivity (Wildman–Crippen MR) is 80.2 cm³/mol. The summed E-state index contributed by atoms with van der Waals surface area (Å²) in [4.78, 5) is 0. The second kappa shape index (κ2) is 7.09. The van der Waals surface area contributed by atoms with Gasteiger partial charge in [0.2, 0.25) is 0 Å². The molecule has 3 heteroatoms. The Bertz CT molecular complexity index is 418. The quantitative estimate of drug-likeness (QED) is 0.829. The molecular formula is C17H26O3. The Morgan fingerprint density at radius 3 is 2.70 bits per heavy atom. The number of aliphatic hydroxyl groups excluding tert-OH is 1. The van der Waals surface area contributed by atoms with Crippen molar-refractivity contribution in [2.75, 3.05) is 6.61 Å². The molecule has 20 heavy (non-hydrogen) atoms. The topological polar surface area (TPSA) is 38.7 Å². The third-order valence-corrected chi connectivity index (χ3v) is 4.07. The second-order valence-corrected chi connectivity index (χ2v) is 5.64. The van der Waals surface area contributed by atoms with Gasteiger partial charge in [0.25, 0.3) is 0 Å². The van der Waals surface area contributed by atoms with Crippen molar-refractivity contribution >= 4 is 0 Å². The van der Waals surface area contributed by atoms with Crippen molar-refractivity contribution in [2.24, 2.45) is 0 Å². The van der Waals surface area contributed by atoms with E-state index in [1.807, 2.05) is 12.1 Å². The summed E-state index contributed by atoms with van der Waals surface area (Å²) >= 11 is 0. The molecule has 112 valence electrons. The first-order valence-electron chi connectivity index (χ1n) is 7.72. The minimum atomic E-state index is -0.387. The molecule has 1 aromatic rings. The highest BCUT2D eigenvalue weighted by atomic mass is 16.6.